The van der Waals surface area contributed by atoms with E-state index in [2.05, 4.69) is 30.9 Å². The molecule has 2 aromatic rings. The minimum absolute atomic E-state index is 0.000621. The zero-order valence-corrected chi connectivity index (χ0v) is 18.1. The minimum atomic E-state index is -0.731. The molecule has 1 aromatic carbocycles. The standard InChI is InChI=1S/C22H30N6O3/c1-13(2)10-18(28-22(31)19-26-16-6-4-5-7-17(16)27-19)21(30)25-15(12-23-3)11-14-8-9-24-20(14)29/h4-7,12-15,18H,8-11H2,1-3H3,(H,24,29)(H,25,30)(H,26,27)(H,28,31). The number of imidazole rings is 1. The lowest BCUT2D eigenvalue weighted by molar-refractivity contribution is -0.125. The minimum Gasteiger partial charge on any atom is -0.356 e. The largest absolute Gasteiger partial charge is 0.356 e. The van der Waals surface area contributed by atoms with Crippen molar-refractivity contribution in [3.63, 3.8) is 0 Å². The van der Waals surface area contributed by atoms with E-state index in [4.69, 9.17) is 0 Å². The number of nitrogens with one attached hydrogen (secondary N) is 4. The molecule has 3 atom stereocenters. The molecule has 9 heteroatoms. The summed E-state index contributed by atoms with van der Waals surface area (Å²) in [5, 5.41) is 8.56. The van der Waals surface area contributed by atoms with Gasteiger partial charge in [0.2, 0.25) is 11.8 Å². The third-order valence-corrected chi connectivity index (χ3v) is 5.29. The average Bonchev–Trinajstić information content (AvgIpc) is 3.33. The van der Waals surface area contributed by atoms with Crippen LogP contribution in [-0.2, 0) is 9.59 Å². The maximum atomic E-state index is 13.0. The Morgan fingerprint density at radius 3 is 2.71 bits per heavy atom. The second kappa shape index (κ2) is 10.2. The highest BCUT2D eigenvalue weighted by atomic mass is 16.2. The van der Waals surface area contributed by atoms with Gasteiger partial charge in [0, 0.05) is 25.7 Å². The number of nitrogens with zero attached hydrogens (tertiary/aromatic N) is 2. The van der Waals surface area contributed by atoms with Gasteiger partial charge in [-0.15, -0.1) is 0 Å². The molecule has 1 aliphatic rings. The highest BCUT2D eigenvalue weighted by Gasteiger charge is 2.30. The van der Waals surface area contributed by atoms with Gasteiger partial charge < -0.3 is 20.9 Å². The van der Waals surface area contributed by atoms with Crippen molar-refractivity contribution >= 4 is 35.0 Å². The molecule has 1 fully saturated rings. The molecular formula is C22H30N6O3. The molecule has 1 aromatic heterocycles. The summed E-state index contributed by atoms with van der Waals surface area (Å²) >= 11 is 0. The van der Waals surface area contributed by atoms with Crippen LogP contribution in [0, 0.1) is 11.8 Å². The first-order valence-electron chi connectivity index (χ1n) is 10.6. The molecule has 3 unspecified atom stereocenters. The van der Waals surface area contributed by atoms with Crippen LogP contribution in [0.25, 0.3) is 11.0 Å². The number of aromatic amines is 1. The topological polar surface area (TPSA) is 128 Å². The number of benzene rings is 1. The van der Waals surface area contributed by atoms with Crippen LogP contribution in [0.15, 0.2) is 29.3 Å². The molecule has 0 bridgehead atoms. The third-order valence-electron chi connectivity index (χ3n) is 5.29. The fraction of sp³-hybridized carbons (Fsp3) is 0.500. The highest BCUT2D eigenvalue weighted by molar-refractivity contribution is 5.97. The molecule has 31 heavy (non-hydrogen) atoms. The SMILES string of the molecule is CN=CC(CC1CCNC1=O)NC(=O)C(CC(C)C)NC(=O)c1nc2ccccc2[nH]1. The van der Waals surface area contributed by atoms with Crippen molar-refractivity contribution in [2.45, 2.75) is 45.2 Å². The van der Waals surface area contributed by atoms with E-state index < -0.39 is 11.9 Å². The number of fused-ring (bicyclic) bond motifs is 1. The van der Waals surface area contributed by atoms with Gasteiger partial charge in [-0.25, -0.2) is 4.98 Å². The van der Waals surface area contributed by atoms with E-state index in [1.165, 1.54) is 0 Å². The summed E-state index contributed by atoms with van der Waals surface area (Å²) in [6.07, 6.45) is 3.32. The van der Waals surface area contributed by atoms with Crippen molar-refractivity contribution in [1.82, 2.24) is 25.9 Å². The summed E-state index contributed by atoms with van der Waals surface area (Å²) in [6, 6.07) is 6.24. The van der Waals surface area contributed by atoms with Crippen LogP contribution < -0.4 is 16.0 Å². The van der Waals surface area contributed by atoms with Gasteiger partial charge in [-0.3, -0.25) is 19.4 Å². The maximum absolute atomic E-state index is 13.0. The highest BCUT2D eigenvalue weighted by Crippen LogP contribution is 2.16. The number of hydrogen-bond acceptors (Lipinski definition) is 5. The van der Waals surface area contributed by atoms with Crippen molar-refractivity contribution in [3.05, 3.63) is 30.1 Å². The Labute approximate surface area is 181 Å². The quantitative estimate of drug-likeness (QED) is 0.452. The molecule has 0 spiro atoms. The molecule has 0 aliphatic carbocycles. The second-order valence-electron chi connectivity index (χ2n) is 8.29. The van der Waals surface area contributed by atoms with Gasteiger partial charge in [-0.1, -0.05) is 26.0 Å². The molecule has 1 saturated heterocycles. The molecule has 3 rings (SSSR count). The molecule has 3 amide bonds. The lowest BCUT2D eigenvalue weighted by atomic mass is 9.97. The molecule has 166 valence electrons. The van der Waals surface area contributed by atoms with Crippen LogP contribution in [0.1, 0.15) is 43.7 Å². The van der Waals surface area contributed by atoms with E-state index in [9.17, 15) is 14.4 Å². The van der Waals surface area contributed by atoms with Gasteiger partial charge in [0.1, 0.15) is 6.04 Å². The Hall–Kier alpha value is -3.23. The Morgan fingerprint density at radius 1 is 1.29 bits per heavy atom. The fourth-order valence-corrected chi connectivity index (χ4v) is 3.79. The predicted molar refractivity (Wildman–Crippen MR) is 119 cm³/mol. The van der Waals surface area contributed by atoms with E-state index >= 15 is 0 Å². The second-order valence-corrected chi connectivity index (χ2v) is 8.29. The van der Waals surface area contributed by atoms with Crippen LogP contribution in [0.2, 0.25) is 0 Å². The number of rotatable bonds is 9. The van der Waals surface area contributed by atoms with Crippen molar-refractivity contribution in [3.8, 4) is 0 Å². The molecular weight excluding hydrogens is 396 g/mol. The molecule has 0 saturated carbocycles. The zero-order chi connectivity index (χ0) is 22.4. The molecule has 9 nitrogen and oxygen atoms in total. The van der Waals surface area contributed by atoms with Gasteiger partial charge in [0.15, 0.2) is 5.82 Å². The first kappa shape index (κ1) is 22.5. The lowest BCUT2D eigenvalue weighted by Gasteiger charge is -2.23. The van der Waals surface area contributed by atoms with Gasteiger partial charge in [0.05, 0.1) is 17.1 Å². The van der Waals surface area contributed by atoms with Gasteiger partial charge >= 0.3 is 0 Å². The van der Waals surface area contributed by atoms with Crippen LogP contribution >= 0.6 is 0 Å². The summed E-state index contributed by atoms with van der Waals surface area (Å²) in [6.45, 7) is 4.62. The lowest BCUT2D eigenvalue weighted by Crippen LogP contribution is -2.51. The van der Waals surface area contributed by atoms with Crippen molar-refractivity contribution in [1.29, 1.82) is 0 Å². The number of carbonyl (C=O) groups is 3. The number of H-pyrrole nitrogens is 1. The first-order valence-corrected chi connectivity index (χ1v) is 10.6. The zero-order valence-electron chi connectivity index (χ0n) is 18.1. The van der Waals surface area contributed by atoms with Crippen LogP contribution in [0.4, 0.5) is 0 Å². The number of hydrogen-bond donors (Lipinski definition) is 4. The van der Waals surface area contributed by atoms with Crippen LogP contribution in [-0.4, -0.2) is 59.6 Å². The van der Waals surface area contributed by atoms with E-state index in [-0.39, 0.29) is 35.5 Å². The van der Waals surface area contributed by atoms with E-state index in [0.29, 0.717) is 24.9 Å². The Kier molecular flexibility index (Phi) is 7.38. The van der Waals surface area contributed by atoms with E-state index in [1.54, 1.807) is 13.3 Å². The van der Waals surface area contributed by atoms with E-state index in [1.807, 2.05) is 38.1 Å². The Balaban J connectivity index is 1.69. The number of para-hydroxylation sites is 2. The summed E-state index contributed by atoms with van der Waals surface area (Å²) in [4.78, 5) is 49.1. The number of carbonyl (C=O) groups excluding carboxylic acids is 3. The van der Waals surface area contributed by atoms with Crippen LogP contribution in [0.5, 0.6) is 0 Å². The Bertz CT molecular complexity index is 934. The van der Waals surface area contributed by atoms with Crippen molar-refractivity contribution in [2.75, 3.05) is 13.6 Å². The number of amides is 3. The summed E-state index contributed by atoms with van der Waals surface area (Å²) < 4.78 is 0. The summed E-state index contributed by atoms with van der Waals surface area (Å²) in [7, 11) is 1.63. The summed E-state index contributed by atoms with van der Waals surface area (Å²) in [5.41, 5.74) is 1.44. The average molecular weight is 427 g/mol. The Morgan fingerprint density at radius 2 is 2.06 bits per heavy atom. The fourth-order valence-electron chi connectivity index (χ4n) is 3.79. The smallest absolute Gasteiger partial charge is 0.287 e. The van der Waals surface area contributed by atoms with E-state index in [0.717, 1.165) is 11.9 Å². The van der Waals surface area contributed by atoms with Gasteiger partial charge in [-0.05, 0) is 37.3 Å². The predicted octanol–water partition coefficient (Wildman–Crippen LogP) is 1.42. The first-order chi connectivity index (χ1) is 14.9. The monoisotopic (exact) mass is 426 g/mol. The molecule has 4 N–H and O–H groups in total. The normalized spacial score (nSPS) is 18.3. The van der Waals surface area contributed by atoms with Gasteiger partial charge in [-0.2, -0.15) is 0 Å². The number of aromatic nitrogens is 2. The van der Waals surface area contributed by atoms with Gasteiger partial charge in [0.25, 0.3) is 5.91 Å². The molecule has 1 aliphatic heterocycles. The van der Waals surface area contributed by atoms with Crippen molar-refractivity contribution in [2.24, 2.45) is 16.8 Å². The van der Waals surface area contributed by atoms with Crippen molar-refractivity contribution < 1.29 is 14.4 Å². The molecule has 2 heterocycles. The summed E-state index contributed by atoms with van der Waals surface area (Å²) in [5.74, 6) is -0.547. The number of aliphatic imine (C=N–C) groups is 1. The molecule has 0 radical (unpaired) electrons. The maximum Gasteiger partial charge on any atom is 0.287 e. The third kappa shape index (κ3) is 5.90. The van der Waals surface area contributed by atoms with Crippen LogP contribution in [0.3, 0.4) is 0 Å².